The van der Waals surface area contributed by atoms with Gasteiger partial charge in [-0.3, -0.25) is 0 Å². The number of nitrogens with one attached hydrogen (secondary N) is 1. The topological polar surface area (TPSA) is 12.0 Å². The molecule has 6 aromatic carbocycles. The van der Waals surface area contributed by atoms with Gasteiger partial charge in [0.25, 0.3) is 0 Å². The van der Waals surface area contributed by atoms with Crippen molar-refractivity contribution in [1.29, 1.82) is 0 Å². The van der Waals surface area contributed by atoms with Crippen LogP contribution in [-0.4, -0.2) is 6.54 Å². The summed E-state index contributed by atoms with van der Waals surface area (Å²) in [6.45, 7) is 0.858. The number of allylic oxidation sites excluding steroid dienone is 6. The van der Waals surface area contributed by atoms with Gasteiger partial charge in [0.15, 0.2) is 0 Å². The van der Waals surface area contributed by atoms with Crippen LogP contribution in [0, 0.1) is 5.92 Å². The summed E-state index contributed by atoms with van der Waals surface area (Å²) in [4.78, 5) is 0. The Kier molecular flexibility index (Phi) is 6.58. The fraction of sp³-hybridized carbons (Fsp3) is 0.102. The van der Waals surface area contributed by atoms with Crippen molar-refractivity contribution < 1.29 is 0 Å². The van der Waals surface area contributed by atoms with Crippen LogP contribution >= 0.6 is 0 Å². The highest BCUT2D eigenvalue weighted by Gasteiger charge is 2.60. The maximum absolute atomic E-state index is 3.33. The second-order valence-electron chi connectivity index (χ2n) is 14.0. The van der Waals surface area contributed by atoms with Crippen LogP contribution in [0.15, 0.2) is 188 Å². The first kappa shape index (κ1) is 29.0. The molecular weight excluding hydrogens is 603 g/mol. The first-order valence-corrected chi connectivity index (χ1v) is 17.8. The quantitative estimate of drug-likeness (QED) is 0.198. The summed E-state index contributed by atoms with van der Waals surface area (Å²) >= 11 is 0. The molecule has 50 heavy (non-hydrogen) atoms. The molecule has 1 heteroatoms. The number of fused-ring (bicyclic) bond motifs is 5. The molecule has 0 fully saturated rings. The minimum absolute atomic E-state index is 0.292. The highest BCUT2D eigenvalue weighted by atomic mass is 14.8. The molecule has 0 spiro atoms. The molecule has 4 aliphatic rings. The lowest BCUT2D eigenvalue weighted by Crippen LogP contribution is -2.46. The molecule has 0 bridgehead atoms. The van der Waals surface area contributed by atoms with Gasteiger partial charge in [-0.2, -0.15) is 0 Å². The van der Waals surface area contributed by atoms with Crippen molar-refractivity contribution in [3.05, 3.63) is 238 Å². The Morgan fingerprint density at radius 2 is 1.12 bits per heavy atom. The molecule has 3 aliphatic carbocycles. The van der Waals surface area contributed by atoms with Gasteiger partial charge < -0.3 is 5.32 Å². The van der Waals surface area contributed by atoms with Crippen molar-refractivity contribution in [2.75, 3.05) is 6.54 Å². The fourth-order valence-electron chi connectivity index (χ4n) is 9.77. The second-order valence-corrected chi connectivity index (χ2v) is 14.0. The van der Waals surface area contributed by atoms with E-state index in [0.717, 1.165) is 13.0 Å². The number of hydrogen-bond acceptors (Lipinski definition) is 1. The van der Waals surface area contributed by atoms with Crippen molar-refractivity contribution in [1.82, 2.24) is 5.32 Å². The van der Waals surface area contributed by atoms with Crippen LogP contribution in [0.3, 0.4) is 0 Å². The summed E-state index contributed by atoms with van der Waals surface area (Å²) in [5.74, 6) is 0.322. The lowest BCUT2D eigenvalue weighted by atomic mass is 9.50. The Labute approximate surface area is 294 Å². The maximum Gasteiger partial charge on any atom is 0.0708 e. The summed E-state index contributed by atoms with van der Waals surface area (Å²) in [6.07, 6.45) is 14.3. The average Bonchev–Trinajstić information content (AvgIpc) is 3.52. The molecule has 3 unspecified atom stereocenters. The second kappa shape index (κ2) is 11.3. The zero-order valence-corrected chi connectivity index (χ0v) is 27.9. The van der Waals surface area contributed by atoms with Gasteiger partial charge in [0, 0.05) is 12.5 Å². The van der Waals surface area contributed by atoms with Crippen molar-refractivity contribution in [2.24, 2.45) is 5.92 Å². The molecule has 1 N–H and O–H groups in total. The highest BCUT2D eigenvalue weighted by molar-refractivity contribution is 5.89. The van der Waals surface area contributed by atoms with E-state index < -0.39 is 5.41 Å². The van der Waals surface area contributed by atoms with Crippen LogP contribution in [0.1, 0.15) is 56.5 Å². The van der Waals surface area contributed by atoms with Crippen molar-refractivity contribution in [3.8, 4) is 11.1 Å². The minimum Gasteiger partial charge on any atom is -0.387 e. The third-order valence-corrected chi connectivity index (χ3v) is 11.8. The van der Waals surface area contributed by atoms with Gasteiger partial charge in [0.05, 0.1) is 10.8 Å². The highest BCUT2D eigenvalue weighted by Crippen LogP contribution is 2.67. The summed E-state index contributed by atoms with van der Waals surface area (Å²) in [5.41, 5.74) is 16.7. The van der Waals surface area contributed by atoms with Crippen LogP contribution in [-0.2, 0) is 10.8 Å². The SMILES string of the molecule is C1=CCC2C(=C1)c1cccc3c1C2(c1ccccc1)c1ccccc1C3(c1ccccc1)c1ccc(-c2ccc(C3=CC=CNC3)cc2)cc1. The predicted molar refractivity (Wildman–Crippen MR) is 207 cm³/mol. The smallest absolute Gasteiger partial charge is 0.0708 e. The van der Waals surface area contributed by atoms with Crippen LogP contribution < -0.4 is 5.32 Å². The first-order chi connectivity index (χ1) is 24.8. The van der Waals surface area contributed by atoms with E-state index in [1.807, 2.05) is 6.20 Å². The lowest BCUT2D eigenvalue weighted by Gasteiger charge is -2.51. The average molecular weight is 640 g/mol. The Morgan fingerprint density at radius 3 is 1.84 bits per heavy atom. The van der Waals surface area contributed by atoms with E-state index in [9.17, 15) is 0 Å². The van der Waals surface area contributed by atoms with Gasteiger partial charge in [-0.25, -0.2) is 0 Å². The minimum atomic E-state index is -0.501. The molecule has 0 radical (unpaired) electrons. The van der Waals surface area contributed by atoms with Crippen LogP contribution in [0.4, 0.5) is 0 Å². The Bertz CT molecular complexity index is 2370. The summed E-state index contributed by atoms with van der Waals surface area (Å²) < 4.78 is 0. The number of hydrogen-bond donors (Lipinski definition) is 1. The molecule has 6 aromatic rings. The normalized spacial score (nSPS) is 22.4. The summed E-state index contributed by atoms with van der Waals surface area (Å²) in [6, 6.07) is 57.5. The van der Waals surface area contributed by atoms with E-state index in [4.69, 9.17) is 0 Å². The van der Waals surface area contributed by atoms with Gasteiger partial charge in [-0.05, 0) is 91.0 Å². The third kappa shape index (κ3) is 3.95. The molecule has 0 saturated carbocycles. The van der Waals surface area contributed by atoms with E-state index in [0.29, 0.717) is 5.92 Å². The van der Waals surface area contributed by atoms with E-state index >= 15 is 0 Å². The van der Waals surface area contributed by atoms with Crippen LogP contribution in [0.25, 0.3) is 22.3 Å². The van der Waals surface area contributed by atoms with Crippen LogP contribution in [0.5, 0.6) is 0 Å². The first-order valence-electron chi connectivity index (χ1n) is 17.8. The Balaban J connectivity index is 1.23. The van der Waals surface area contributed by atoms with E-state index in [1.165, 1.54) is 72.3 Å². The standard InChI is InChI=1S/C49H37N/c1-3-14-38(15-4-1)48(40-30-28-35(29-31-40)34-24-26-36(27-25-34)37-13-12-32-50-33-37)44-21-9-10-22-45(44)49(39-16-5-2-6-17-39)43-20-8-7-18-41(43)42-19-11-23-46(48)47(42)49/h1-19,21-32,43,50H,20,33H2. The van der Waals surface area contributed by atoms with Crippen molar-refractivity contribution in [3.63, 3.8) is 0 Å². The van der Waals surface area contributed by atoms with Gasteiger partial charge in [-0.15, -0.1) is 0 Å². The number of rotatable bonds is 5. The zero-order chi connectivity index (χ0) is 33.1. The molecule has 0 saturated heterocycles. The number of benzene rings is 6. The van der Waals surface area contributed by atoms with Crippen molar-refractivity contribution in [2.45, 2.75) is 17.3 Å². The molecule has 0 aromatic heterocycles. The Morgan fingerprint density at radius 1 is 0.500 bits per heavy atom. The molecule has 0 amide bonds. The van der Waals surface area contributed by atoms with Gasteiger partial charge in [-0.1, -0.05) is 176 Å². The van der Waals surface area contributed by atoms with E-state index in [1.54, 1.807) is 0 Å². The summed E-state index contributed by atoms with van der Waals surface area (Å²) in [7, 11) is 0. The van der Waals surface area contributed by atoms with Gasteiger partial charge in [0.1, 0.15) is 0 Å². The third-order valence-electron chi connectivity index (χ3n) is 11.8. The van der Waals surface area contributed by atoms with Crippen LogP contribution in [0.2, 0.25) is 0 Å². The molecular formula is C49H37N. The van der Waals surface area contributed by atoms with E-state index in [2.05, 4.69) is 187 Å². The molecule has 1 heterocycles. The van der Waals surface area contributed by atoms with Gasteiger partial charge in [0.2, 0.25) is 0 Å². The van der Waals surface area contributed by atoms with Crippen molar-refractivity contribution >= 4 is 11.1 Å². The zero-order valence-electron chi connectivity index (χ0n) is 27.9. The summed E-state index contributed by atoms with van der Waals surface area (Å²) in [5, 5.41) is 3.33. The van der Waals surface area contributed by atoms with E-state index in [-0.39, 0.29) is 5.41 Å². The number of dihydropyridines is 1. The largest absolute Gasteiger partial charge is 0.387 e. The fourth-order valence-corrected chi connectivity index (χ4v) is 9.77. The molecule has 10 rings (SSSR count). The molecule has 238 valence electrons. The molecule has 1 nitrogen and oxygen atoms in total. The lowest BCUT2D eigenvalue weighted by molar-refractivity contribution is 0.454. The predicted octanol–water partition coefficient (Wildman–Crippen LogP) is 10.9. The monoisotopic (exact) mass is 639 g/mol. The van der Waals surface area contributed by atoms with Gasteiger partial charge >= 0.3 is 0 Å². The molecule has 1 aliphatic heterocycles. The Hall–Kier alpha value is -5.92. The molecule has 3 atom stereocenters. The maximum atomic E-state index is 3.33.